The van der Waals surface area contributed by atoms with E-state index in [4.69, 9.17) is 0 Å². The smallest absolute Gasteiger partial charge is 0.00791 e. The Kier molecular flexibility index (Phi) is 5.53. The van der Waals surface area contributed by atoms with Crippen molar-refractivity contribution < 1.29 is 0 Å². The lowest BCUT2D eigenvalue weighted by Crippen LogP contribution is -2.39. The van der Waals surface area contributed by atoms with Gasteiger partial charge in [0.05, 0.1) is 0 Å². The average Bonchev–Trinajstić information content (AvgIpc) is 2.62. The lowest BCUT2D eigenvalue weighted by atomic mass is 9.53. The predicted octanol–water partition coefficient (Wildman–Crippen LogP) is 9.75. The Labute approximate surface area is 205 Å². The summed E-state index contributed by atoms with van der Waals surface area (Å²) >= 11 is 0. The first-order valence-corrected chi connectivity index (χ1v) is 13.5. The zero-order chi connectivity index (χ0) is 24.9. The summed E-state index contributed by atoms with van der Waals surface area (Å²) in [6, 6.07) is 2.63. The number of benzene rings is 1. The summed E-state index contributed by atoms with van der Waals surface area (Å²) < 4.78 is 0. The Bertz CT molecular complexity index is 1030. The van der Waals surface area contributed by atoms with Crippen LogP contribution in [0.25, 0.3) is 5.57 Å². The van der Waals surface area contributed by atoms with Gasteiger partial charge in [-0.05, 0) is 103 Å². The molecule has 0 fully saturated rings. The fourth-order valence-electron chi connectivity index (χ4n) is 7.23. The maximum Gasteiger partial charge on any atom is -0.00791 e. The summed E-state index contributed by atoms with van der Waals surface area (Å²) in [5, 5.41) is 0. The van der Waals surface area contributed by atoms with Crippen LogP contribution in [0, 0.1) is 22.7 Å². The molecule has 182 valence electrons. The highest BCUT2D eigenvalue weighted by Crippen LogP contribution is 2.61. The summed E-state index contributed by atoms with van der Waals surface area (Å²) in [7, 11) is 0. The summed E-state index contributed by atoms with van der Waals surface area (Å²) in [5.74, 6) is 1.86. The molecule has 4 rings (SSSR count). The fraction of sp³-hybridized carbons (Fsp3) is 0.697. The molecule has 0 aliphatic heterocycles. The second kappa shape index (κ2) is 7.35. The van der Waals surface area contributed by atoms with Crippen molar-refractivity contribution in [1.82, 2.24) is 0 Å². The fourth-order valence-corrected chi connectivity index (χ4v) is 7.23. The van der Waals surface area contributed by atoms with Gasteiger partial charge < -0.3 is 0 Å². The Balaban J connectivity index is 2.15. The van der Waals surface area contributed by atoms with E-state index in [2.05, 4.69) is 102 Å². The van der Waals surface area contributed by atoms with Gasteiger partial charge in [0.15, 0.2) is 0 Å². The van der Waals surface area contributed by atoms with E-state index < -0.39 is 0 Å². The van der Waals surface area contributed by atoms with Crippen LogP contribution in [0.15, 0.2) is 23.3 Å². The summed E-state index contributed by atoms with van der Waals surface area (Å²) in [6.45, 7) is 31.8. The molecule has 33 heavy (non-hydrogen) atoms. The molecule has 0 saturated heterocycles. The molecular formula is C33H50. The molecule has 0 nitrogen and oxygen atoms in total. The van der Waals surface area contributed by atoms with Crippen molar-refractivity contribution in [2.24, 2.45) is 22.7 Å². The topological polar surface area (TPSA) is 0 Å². The van der Waals surface area contributed by atoms with Crippen molar-refractivity contribution in [3.63, 3.8) is 0 Å². The quantitative estimate of drug-likeness (QED) is 0.372. The average molecular weight is 447 g/mol. The van der Waals surface area contributed by atoms with E-state index in [9.17, 15) is 0 Å². The van der Waals surface area contributed by atoms with Crippen molar-refractivity contribution in [2.45, 2.75) is 126 Å². The van der Waals surface area contributed by atoms with E-state index in [1.165, 1.54) is 19.3 Å². The minimum atomic E-state index is 0.157. The monoisotopic (exact) mass is 446 g/mol. The minimum Gasteiger partial charge on any atom is -0.0762 e. The van der Waals surface area contributed by atoms with Crippen molar-refractivity contribution in [1.29, 1.82) is 0 Å². The van der Waals surface area contributed by atoms with Crippen molar-refractivity contribution in [3.8, 4) is 0 Å². The zero-order valence-corrected chi connectivity index (χ0v) is 24.0. The number of hydrogen-bond donors (Lipinski definition) is 0. The molecule has 0 heterocycles. The van der Waals surface area contributed by atoms with Crippen molar-refractivity contribution in [2.75, 3.05) is 0 Å². The van der Waals surface area contributed by atoms with E-state index in [1.807, 2.05) is 0 Å². The van der Waals surface area contributed by atoms with Gasteiger partial charge >= 0.3 is 0 Å². The first-order chi connectivity index (χ1) is 14.8. The SMILES string of the molecule is CC1CC2C3=C(CCc4c(C(C)(C)C)cc(C(C)(C)C)c1c43)C(C(C)(C)C)=CC2C(C)(C)C. The molecule has 0 amide bonds. The van der Waals surface area contributed by atoms with Gasteiger partial charge in [-0.2, -0.15) is 0 Å². The van der Waals surface area contributed by atoms with Gasteiger partial charge in [0.1, 0.15) is 0 Å². The third kappa shape index (κ3) is 3.98. The third-order valence-electron chi connectivity index (χ3n) is 8.69. The normalized spacial score (nSPS) is 25.7. The Morgan fingerprint density at radius 2 is 1.30 bits per heavy atom. The molecule has 3 aliphatic rings. The molecule has 0 aromatic heterocycles. The molecule has 3 aliphatic carbocycles. The molecule has 0 bridgehead atoms. The highest BCUT2D eigenvalue weighted by Gasteiger charge is 2.47. The third-order valence-corrected chi connectivity index (χ3v) is 8.69. The number of rotatable bonds is 0. The summed E-state index contributed by atoms with van der Waals surface area (Å²) in [6.07, 6.45) is 6.43. The first kappa shape index (κ1) is 24.8. The van der Waals surface area contributed by atoms with Gasteiger partial charge in [0.2, 0.25) is 0 Å². The van der Waals surface area contributed by atoms with Gasteiger partial charge in [0, 0.05) is 0 Å². The molecule has 3 atom stereocenters. The molecule has 0 heteroatoms. The van der Waals surface area contributed by atoms with Gasteiger partial charge in [-0.1, -0.05) is 102 Å². The molecule has 1 aromatic rings. The lowest BCUT2D eigenvalue weighted by Gasteiger charge is -2.51. The van der Waals surface area contributed by atoms with E-state index in [-0.39, 0.29) is 21.7 Å². The van der Waals surface area contributed by atoms with Gasteiger partial charge in [-0.15, -0.1) is 0 Å². The molecule has 3 unspecified atom stereocenters. The van der Waals surface area contributed by atoms with Crippen LogP contribution in [0.5, 0.6) is 0 Å². The van der Waals surface area contributed by atoms with Crippen LogP contribution >= 0.6 is 0 Å². The van der Waals surface area contributed by atoms with Crippen LogP contribution in [0.1, 0.15) is 137 Å². The van der Waals surface area contributed by atoms with Crippen molar-refractivity contribution in [3.05, 3.63) is 51.1 Å². The predicted molar refractivity (Wildman–Crippen MR) is 146 cm³/mol. The van der Waals surface area contributed by atoms with E-state index in [0.717, 1.165) is 0 Å². The summed E-state index contributed by atoms with van der Waals surface area (Å²) in [4.78, 5) is 0. The van der Waals surface area contributed by atoms with Gasteiger partial charge in [-0.25, -0.2) is 0 Å². The van der Waals surface area contributed by atoms with Crippen LogP contribution in [-0.2, 0) is 17.3 Å². The second-order valence-corrected chi connectivity index (χ2v) is 15.6. The van der Waals surface area contributed by atoms with E-state index in [0.29, 0.717) is 17.8 Å². The maximum absolute atomic E-state index is 2.73. The van der Waals surface area contributed by atoms with Crippen LogP contribution in [0.2, 0.25) is 0 Å². The first-order valence-electron chi connectivity index (χ1n) is 13.5. The summed E-state index contributed by atoms with van der Waals surface area (Å²) in [5.41, 5.74) is 14.2. The van der Waals surface area contributed by atoms with Gasteiger partial charge in [-0.3, -0.25) is 0 Å². The van der Waals surface area contributed by atoms with Crippen LogP contribution in [0.3, 0.4) is 0 Å². The number of hydrogen-bond acceptors (Lipinski definition) is 0. The molecule has 0 N–H and O–H groups in total. The van der Waals surface area contributed by atoms with E-state index in [1.54, 1.807) is 44.5 Å². The standard InChI is InChI=1S/C33H50/c1-19-16-22-25(32(8,9)10)17-23(30(2,3)4)20-14-15-21-24(31(5,6)7)18-26(33(11,12)13)27(19)29(21)28(20)22/h17-19,22,25H,14-16H2,1-13H3. The van der Waals surface area contributed by atoms with Crippen LogP contribution < -0.4 is 0 Å². The largest absolute Gasteiger partial charge is 0.0762 e. The molecule has 0 saturated carbocycles. The number of allylic oxidation sites excluding steroid dienone is 4. The van der Waals surface area contributed by atoms with Crippen molar-refractivity contribution >= 4 is 5.57 Å². The van der Waals surface area contributed by atoms with Crippen LogP contribution in [-0.4, -0.2) is 0 Å². The Hall–Kier alpha value is -1.30. The zero-order valence-electron chi connectivity index (χ0n) is 24.0. The minimum absolute atomic E-state index is 0.157. The van der Waals surface area contributed by atoms with Crippen LogP contribution in [0.4, 0.5) is 0 Å². The maximum atomic E-state index is 2.73. The Morgan fingerprint density at radius 1 is 0.727 bits per heavy atom. The molecule has 0 radical (unpaired) electrons. The van der Waals surface area contributed by atoms with E-state index >= 15 is 0 Å². The van der Waals surface area contributed by atoms with Gasteiger partial charge in [0.25, 0.3) is 0 Å². The Morgan fingerprint density at radius 3 is 1.79 bits per heavy atom. The highest BCUT2D eigenvalue weighted by atomic mass is 14.5. The molecule has 1 aromatic carbocycles. The highest BCUT2D eigenvalue weighted by molar-refractivity contribution is 5.85. The molecule has 0 spiro atoms. The molecular weight excluding hydrogens is 396 g/mol. The second-order valence-electron chi connectivity index (χ2n) is 15.6. The lowest BCUT2D eigenvalue weighted by molar-refractivity contribution is 0.216.